The molecule has 0 amide bonds. The molecular formula is C15H26N2. The molecule has 2 heteroatoms. The van der Waals surface area contributed by atoms with Crippen LogP contribution in [0.25, 0.3) is 0 Å². The van der Waals surface area contributed by atoms with Crippen molar-refractivity contribution in [2.45, 2.75) is 52.0 Å². The van der Waals surface area contributed by atoms with Gasteiger partial charge < -0.3 is 0 Å². The van der Waals surface area contributed by atoms with Gasteiger partial charge in [-0.2, -0.15) is 0 Å². The fraction of sp³-hybridized carbons (Fsp3) is 0.600. The molecule has 1 aromatic rings. The third kappa shape index (κ3) is 4.14. The van der Waals surface area contributed by atoms with Crippen LogP contribution in [-0.2, 0) is 5.41 Å². The monoisotopic (exact) mass is 234 g/mol. The van der Waals surface area contributed by atoms with Crippen LogP contribution in [0.3, 0.4) is 0 Å². The SMILES string of the molecule is CNNC(C)(C)CC(C)(C)c1ccc(C)cc1. The molecule has 0 fully saturated rings. The van der Waals surface area contributed by atoms with E-state index in [4.69, 9.17) is 0 Å². The zero-order valence-electron chi connectivity index (χ0n) is 12.0. The van der Waals surface area contributed by atoms with E-state index in [9.17, 15) is 0 Å². The number of rotatable bonds is 5. The molecule has 0 atom stereocenters. The number of benzene rings is 1. The highest BCUT2D eigenvalue weighted by atomic mass is 15.4. The Balaban J connectivity index is 2.84. The Morgan fingerprint density at radius 1 is 1.00 bits per heavy atom. The average molecular weight is 234 g/mol. The maximum Gasteiger partial charge on any atom is 0.0275 e. The average Bonchev–Trinajstić information content (AvgIpc) is 2.16. The van der Waals surface area contributed by atoms with E-state index in [0.717, 1.165) is 6.42 Å². The zero-order valence-corrected chi connectivity index (χ0v) is 12.0. The number of hydrogen-bond donors (Lipinski definition) is 2. The summed E-state index contributed by atoms with van der Waals surface area (Å²) in [5.41, 5.74) is 9.30. The Bertz CT molecular complexity index is 350. The van der Waals surface area contributed by atoms with E-state index < -0.39 is 0 Å². The maximum absolute atomic E-state index is 3.31. The molecule has 0 heterocycles. The van der Waals surface area contributed by atoms with E-state index in [-0.39, 0.29) is 11.0 Å². The highest BCUT2D eigenvalue weighted by molar-refractivity contribution is 5.28. The highest BCUT2D eigenvalue weighted by Crippen LogP contribution is 2.32. The van der Waals surface area contributed by atoms with Crippen molar-refractivity contribution in [1.29, 1.82) is 0 Å². The fourth-order valence-corrected chi connectivity index (χ4v) is 2.59. The van der Waals surface area contributed by atoms with Crippen molar-refractivity contribution in [3.63, 3.8) is 0 Å². The summed E-state index contributed by atoms with van der Waals surface area (Å²) in [6, 6.07) is 8.86. The molecule has 17 heavy (non-hydrogen) atoms. The highest BCUT2D eigenvalue weighted by Gasteiger charge is 2.29. The van der Waals surface area contributed by atoms with Gasteiger partial charge in [0.05, 0.1) is 0 Å². The van der Waals surface area contributed by atoms with E-state index >= 15 is 0 Å². The van der Waals surface area contributed by atoms with Crippen molar-refractivity contribution in [1.82, 2.24) is 10.9 Å². The molecule has 0 unspecified atom stereocenters. The number of nitrogens with one attached hydrogen (secondary N) is 2. The predicted octanol–water partition coefficient (Wildman–Crippen LogP) is 3.17. The van der Waals surface area contributed by atoms with Gasteiger partial charge in [0.25, 0.3) is 0 Å². The van der Waals surface area contributed by atoms with E-state index in [1.807, 2.05) is 7.05 Å². The number of hydrogen-bond acceptors (Lipinski definition) is 2. The minimum atomic E-state index is 0.0726. The molecule has 2 nitrogen and oxygen atoms in total. The van der Waals surface area contributed by atoms with Crippen LogP contribution in [0.5, 0.6) is 0 Å². The lowest BCUT2D eigenvalue weighted by atomic mass is 9.75. The van der Waals surface area contributed by atoms with E-state index in [1.54, 1.807) is 0 Å². The molecule has 0 spiro atoms. The summed E-state index contributed by atoms with van der Waals surface area (Å²) in [6.07, 6.45) is 1.07. The first kappa shape index (κ1) is 14.2. The summed E-state index contributed by atoms with van der Waals surface area (Å²) in [5.74, 6) is 0. The molecular weight excluding hydrogens is 208 g/mol. The first-order valence-electron chi connectivity index (χ1n) is 6.28. The molecule has 0 aromatic heterocycles. The zero-order chi connectivity index (χ0) is 13.1. The Hall–Kier alpha value is -0.860. The van der Waals surface area contributed by atoms with Gasteiger partial charge >= 0.3 is 0 Å². The lowest BCUT2D eigenvalue weighted by molar-refractivity contribution is 0.265. The standard InChI is InChI=1S/C15H26N2/c1-12-7-9-13(10-8-12)14(2,3)11-15(4,5)17-16-6/h7-10,16-17H,11H2,1-6H3. The van der Waals surface area contributed by atoms with E-state index in [0.29, 0.717) is 0 Å². The summed E-state index contributed by atoms with van der Waals surface area (Å²) < 4.78 is 0. The summed E-state index contributed by atoms with van der Waals surface area (Å²) in [6.45, 7) is 11.2. The maximum atomic E-state index is 3.31. The Labute approximate surface area is 106 Å². The Morgan fingerprint density at radius 2 is 1.53 bits per heavy atom. The molecule has 2 N–H and O–H groups in total. The molecule has 1 rings (SSSR count). The van der Waals surface area contributed by atoms with Gasteiger partial charge in [-0.05, 0) is 45.2 Å². The van der Waals surface area contributed by atoms with Crippen molar-refractivity contribution < 1.29 is 0 Å². The van der Waals surface area contributed by atoms with E-state index in [2.05, 4.69) is 69.7 Å². The third-order valence-corrected chi connectivity index (χ3v) is 3.18. The van der Waals surface area contributed by atoms with Crippen LogP contribution in [0.2, 0.25) is 0 Å². The van der Waals surface area contributed by atoms with Crippen LogP contribution in [0.1, 0.15) is 45.2 Å². The summed E-state index contributed by atoms with van der Waals surface area (Å²) >= 11 is 0. The van der Waals surface area contributed by atoms with Gasteiger partial charge in [-0.15, -0.1) is 0 Å². The number of hydrazine groups is 1. The lowest BCUT2D eigenvalue weighted by Crippen LogP contribution is -2.49. The van der Waals surface area contributed by atoms with Gasteiger partial charge in [-0.3, -0.25) is 10.9 Å². The fourth-order valence-electron chi connectivity index (χ4n) is 2.59. The van der Waals surface area contributed by atoms with Crippen LogP contribution in [0.4, 0.5) is 0 Å². The van der Waals surface area contributed by atoms with Crippen molar-refractivity contribution in [2.24, 2.45) is 0 Å². The van der Waals surface area contributed by atoms with Crippen molar-refractivity contribution in [3.05, 3.63) is 35.4 Å². The van der Waals surface area contributed by atoms with Crippen molar-refractivity contribution in [3.8, 4) is 0 Å². The third-order valence-electron chi connectivity index (χ3n) is 3.18. The Morgan fingerprint density at radius 3 is 2.00 bits per heavy atom. The van der Waals surface area contributed by atoms with Crippen LogP contribution < -0.4 is 10.9 Å². The van der Waals surface area contributed by atoms with Crippen LogP contribution in [0.15, 0.2) is 24.3 Å². The lowest BCUT2D eigenvalue weighted by Gasteiger charge is -2.36. The molecule has 0 aliphatic rings. The molecule has 0 radical (unpaired) electrons. The van der Waals surface area contributed by atoms with Crippen LogP contribution >= 0.6 is 0 Å². The summed E-state index contributed by atoms with van der Waals surface area (Å²) in [7, 11) is 1.92. The van der Waals surface area contributed by atoms with Crippen LogP contribution in [0, 0.1) is 6.92 Å². The minimum Gasteiger partial charge on any atom is -0.260 e. The quantitative estimate of drug-likeness (QED) is 0.765. The molecule has 0 aliphatic carbocycles. The molecule has 96 valence electrons. The summed E-state index contributed by atoms with van der Waals surface area (Å²) in [4.78, 5) is 0. The van der Waals surface area contributed by atoms with Gasteiger partial charge in [-0.25, -0.2) is 0 Å². The Kier molecular flexibility index (Phi) is 4.34. The van der Waals surface area contributed by atoms with Gasteiger partial charge in [0, 0.05) is 5.54 Å². The van der Waals surface area contributed by atoms with E-state index in [1.165, 1.54) is 11.1 Å². The molecule has 0 saturated heterocycles. The number of aryl methyl sites for hydroxylation is 1. The van der Waals surface area contributed by atoms with Gasteiger partial charge in [-0.1, -0.05) is 43.7 Å². The first-order chi connectivity index (χ1) is 7.77. The van der Waals surface area contributed by atoms with Gasteiger partial charge in [0.15, 0.2) is 0 Å². The first-order valence-corrected chi connectivity index (χ1v) is 6.28. The van der Waals surface area contributed by atoms with Crippen LogP contribution in [-0.4, -0.2) is 12.6 Å². The largest absolute Gasteiger partial charge is 0.260 e. The normalized spacial score (nSPS) is 12.8. The van der Waals surface area contributed by atoms with Crippen molar-refractivity contribution in [2.75, 3.05) is 7.05 Å². The van der Waals surface area contributed by atoms with Crippen molar-refractivity contribution >= 4 is 0 Å². The minimum absolute atomic E-state index is 0.0726. The predicted molar refractivity (Wildman–Crippen MR) is 75.1 cm³/mol. The molecule has 1 aromatic carbocycles. The smallest absolute Gasteiger partial charge is 0.0275 e. The second-order valence-electron chi connectivity index (χ2n) is 6.19. The summed E-state index contributed by atoms with van der Waals surface area (Å²) in [5, 5.41) is 0. The molecule has 0 bridgehead atoms. The molecule has 0 aliphatic heterocycles. The molecule has 0 saturated carbocycles. The second-order valence-corrected chi connectivity index (χ2v) is 6.19. The van der Waals surface area contributed by atoms with Gasteiger partial charge in [0.2, 0.25) is 0 Å². The second kappa shape index (κ2) is 5.19. The van der Waals surface area contributed by atoms with Gasteiger partial charge in [0.1, 0.15) is 0 Å². The topological polar surface area (TPSA) is 24.1 Å².